The predicted molar refractivity (Wildman–Crippen MR) is 77.2 cm³/mol. The Labute approximate surface area is 124 Å². The van der Waals surface area contributed by atoms with Gasteiger partial charge in [0.15, 0.2) is 5.76 Å². The van der Waals surface area contributed by atoms with E-state index in [0.29, 0.717) is 17.1 Å². The molecule has 0 amide bonds. The van der Waals surface area contributed by atoms with Crippen LogP contribution in [0, 0.1) is 0 Å². The van der Waals surface area contributed by atoms with Crippen LogP contribution in [-0.2, 0) is 0 Å². The van der Waals surface area contributed by atoms with Crippen molar-refractivity contribution in [1.29, 1.82) is 0 Å². The lowest BCUT2D eigenvalue weighted by Gasteiger charge is -2.07. The van der Waals surface area contributed by atoms with E-state index in [9.17, 15) is 9.90 Å². The molecule has 5 nitrogen and oxygen atoms in total. The summed E-state index contributed by atoms with van der Waals surface area (Å²) in [6.07, 6.45) is 0. The van der Waals surface area contributed by atoms with Gasteiger partial charge in [0, 0.05) is 16.0 Å². The van der Waals surface area contributed by atoms with Crippen LogP contribution in [0.1, 0.15) is 35.9 Å². The van der Waals surface area contributed by atoms with Crippen molar-refractivity contribution in [2.75, 3.05) is 7.11 Å². The van der Waals surface area contributed by atoms with Crippen LogP contribution in [-0.4, -0.2) is 23.3 Å². The molecule has 1 aromatic carbocycles. The Bertz CT molecular complexity index is 649. The second-order valence-corrected chi connectivity index (χ2v) is 5.49. The van der Waals surface area contributed by atoms with Crippen LogP contribution in [0.15, 0.2) is 27.2 Å². The molecule has 0 aliphatic carbocycles. The van der Waals surface area contributed by atoms with E-state index < -0.39 is 5.97 Å². The lowest BCUT2D eigenvalue weighted by molar-refractivity contribution is 0.0694. The first kappa shape index (κ1) is 14.6. The summed E-state index contributed by atoms with van der Waals surface area (Å²) in [6, 6.07) is 5.31. The van der Waals surface area contributed by atoms with Crippen molar-refractivity contribution in [1.82, 2.24) is 5.16 Å². The molecule has 20 heavy (non-hydrogen) atoms. The van der Waals surface area contributed by atoms with Gasteiger partial charge in [0.1, 0.15) is 17.0 Å². The lowest BCUT2D eigenvalue weighted by Crippen LogP contribution is -2.03. The minimum absolute atomic E-state index is 0.0690. The third kappa shape index (κ3) is 2.56. The average Bonchev–Trinajstić information content (AvgIpc) is 2.83. The summed E-state index contributed by atoms with van der Waals surface area (Å²) < 4.78 is 11.3. The molecule has 0 fully saturated rings. The number of rotatable bonds is 4. The Morgan fingerprint density at radius 3 is 2.70 bits per heavy atom. The van der Waals surface area contributed by atoms with Crippen LogP contribution in [0.2, 0.25) is 0 Å². The first-order valence-corrected chi connectivity index (χ1v) is 6.81. The standard InChI is InChI=1S/C14H14BrNO4/c1-7(2)13-11(14(17)18)12(16-20-13)9-6-8(15)4-5-10(9)19-3/h4-7H,1-3H3,(H,17,18). The van der Waals surface area contributed by atoms with Crippen molar-refractivity contribution >= 4 is 21.9 Å². The maximum atomic E-state index is 11.5. The summed E-state index contributed by atoms with van der Waals surface area (Å²) >= 11 is 3.36. The molecule has 1 aromatic heterocycles. The highest BCUT2D eigenvalue weighted by Crippen LogP contribution is 2.36. The van der Waals surface area contributed by atoms with Gasteiger partial charge in [-0.3, -0.25) is 0 Å². The number of carboxylic acids is 1. The number of hydrogen-bond acceptors (Lipinski definition) is 4. The normalized spacial score (nSPS) is 10.8. The summed E-state index contributed by atoms with van der Waals surface area (Å²) in [6.45, 7) is 3.71. The minimum Gasteiger partial charge on any atom is -0.496 e. The zero-order valence-corrected chi connectivity index (χ0v) is 12.9. The van der Waals surface area contributed by atoms with Crippen molar-refractivity contribution in [2.24, 2.45) is 0 Å². The highest BCUT2D eigenvalue weighted by molar-refractivity contribution is 9.10. The zero-order valence-electron chi connectivity index (χ0n) is 11.3. The molecule has 6 heteroatoms. The zero-order chi connectivity index (χ0) is 14.9. The predicted octanol–water partition coefficient (Wildman–Crippen LogP) is 3.93. The highest BCUT2D eigenvalue weighted by atomic mass is 79.9. The first-order chi connectivity index (χ1) is 9.45. The van der Waals surface area contributed by atoms with Gasteiger partial charge in [0.05, 0.1) is 7.11 Å². The number of aromatic nitrogens is 1. The molecule has 0 saturated heterocycles. The first-order valence-electron chi connectivity index (χ1n) is 6.02. The average molecular weight is 340 g/mol. The molecular formula is C14H14BrNO4. The second-order valence-electron chi connectivity index (χ2n) is 4.57. The number of halogens is 1. The Hall–Kier alpha value is -1.82. The smallest absolute Gasteiger partial charge is 0.341 e. The summed E-state index contributed by atoms with van der Waals surface area (Å²) in [4.78, 5) is 11.5. The Morgan fingerprint density at radius 1 is 1.45 bits per heavy atom. The number of benzene rings is 1. The molecule has 1 N–H and O–H groups in total. The van der Waals surface area contributed by atoms with E-state index in [-0.39, 0.29) is 17.2 Å². The lowest BCUT2D eigenvalue weighted by atomic mass is 10.0. The van der Waals surface area contributed by atoms with E-state index in [2.05, 4.69) is 21.1 Å². The molecule has 0 spiro atoms. The monoisotopic (exact) mass is 339 g/mol. The molecule has 0 radical (unpaired) electrons. The van der Waals surface area contributed by atoms with Gasteiger partial charge in [-0.1, -0.05) is 34.9 Å². The molecular weight excluding hydrogens is 326 g/mol. The fourth-order valence-corrected chi connectivity index (χ4v) is 2.31. The Balaban J connectivity index is 2.70. The SMILES string of the molecule is COc1ccc(Br)cc1-c1noc(C(C)C)c1C(=O)O. The Morgan fingerprint density at radius 2 is 2.15 bits per heavy atom. The van der Waals surface area contributed by atoms with Crippen molar-refractivity contribution in [3.8, 4) is 17.0 Å². The van der Waals surface area contributed by atoms with Gasteiger partial charge < -0.3 is 14.4 Å². The maximum Gasteiger partial charge on any atom is 0.341 e. The second kappa shape index (κ2) is 5.66. The van der Waals surface area contributed by atoms with E-state index in [0.717, 1.165) is 4.47 Å². The summed E-state index contributed by atoms with van der Waals surface area (Å²) in [7, 11) is 1.52. The van der Waals surface area contributed by atoms with Crippen LogP contribution in [0.5, 0.6) is 5.75 Å². The van der Waals surface area contributed by atoms with Crippen LogP contribution >= 0.6 is 15.9 Å². The van der Waals surface area contributed by atoms with Crippen LogP contribution in [0.4, 0.5) is 0 Å². The van der Waals surface area contributed by atoms with Crippen molar-refractivity contribution in [2.45, 2.75) is 19.8 Å². The number of carboxylic acid groups (broad SMARTS) is 1. The summed E-state index contributed by atoms with van der Waals surface area (Å²) in [5.41, 5.74) is 0.936. The van der Waals surface area contributed by atoms with E-state index in [1.165, 1.54) is 7.11 Å². The number of aromatic carboxylic acids is 1. The van der Waals surface area contributed by atoms with Gasteiger partial charge in [-0.15, -0.1) is 0 Å². The van der Waals surface area contributed by atoms with E-state index >= 15 is 0 Å². The summed E-state index contributed by atoms with van der Waals surface area (Å²) in [5.74, 6) is -0.235. The number of hydrogen-bond donors (Lipinski definition) is 1. The molecule has 0 bridgehead atoms. The van der Waals surface area contributed by atoms with Crippen LogP contribution in [0.25, 0.3) is 11.3 Å². The minimum atomic E-state index is -1.06. The number of nitrogens with zero attached hydrogens (tertiary/aromatic N) is 1. The largest absolute Gasteiger partial charge is 0.496 e. The van der Waals surface area contributed by atoms with Gasteiger partial charge in [0.25, 0.3) is 0 Å². The number of ether oxygens (including phenoxy) is 1. The van der Waals surface area contributed by atoms with E-state index in [1.54, 1.807) is 12.1 Å². The van der Waals surface area contributed by atoms with Gasteiger partial charge >= 0.3 is 5.97 Å². The molecule has 0 aliphatic rings. The molecule has 2 rings (SSSR count). The summed E-state index contributed by atoms with van der Waals surface area (Å²) in [5, 5.41) is 13.3. The van der Waals surface area contributed by atoms with Gasteiger partial charge in [0.2, 0.25) is 0 Å². The van der Waals surface area contributed by atoms with Gasteiger partial charge in [-0.2, -0.15) is 0 Å². The topological polar surface area (TPSA) is 72.6 Å². The quantitative estimate of drug-likeness (QED) is 0.913. The third-order valence-corrected chi connectivity index (χ3v) is 3.37. The molecule has 0 atom stereocenters. The fourth-order valence-electron chi connectivity index (χ4n) is 1.95. The molecule has 106 valence electrons. The van der Waals surface area contributed by atoms with Crippen molar-refractivity contribution in [3.05, 3.63) is 34.0 Å². The fraction of sp³-hybridized carbons (Fsp3) is 0.286. The van der Waals surface area contributed by atoms with E-state index in [4.69, 9.17) is 9.26 Å². The molecule has 0 saturated carbocycles. The number of methoxy groups -OCH3 is 1. The van der Waals surface area contributed by atoms with E-state index in [1.807, 2.05) is 19.9 Å². The number of carbonyl (C=O) groups is 1. The maximum absolute atomic E-state index is 11.5. The molecule has 2 aromatic rings. The van der Waals surface area contributed by atoms with Crippen molar-refractivity contribution < 1.29 is 19.2 Å². The molecule has 0 unspecified atom stereocenters. The molecule has 0 aliphatic heterocycles. The molecule has 1 heterocycles. The van der Waals surface area contributed by atoms with Gasteiger partial charge in [-0.25, -0.2) is 4.79 Å². The van der Waals surface area contributed by atoms with Gasteiger partial charge in [-0.05, 0) is 18.2 Å². The highest BCUT2D eigenvalue weighted by Gasteiger charge is 2.27. The Kier molecular flexibility index (Phi) is 4.13. The van der Waals surface area contributed by atoms with Crippen LogP contribution < -0.4 is 4.74 Å². The third-order valence-electron chi connectivity index (χ3n) is 2.87. The van der Waals surface area contributed by atoms with Crippen molar-refractivity contribution in [3.63, 3.8) is 0 Å². The van der Waals surface area contributed by atoms with Crippen LogP contribution in [0.3, 0.4) is 0 Å².